The first-order valence-electron chi connectivity index (χ1n) is 6.54. The van der Waals surface area contributed by atoms with Crippen LogP contribution < -0.4 is 15.8 Å². The number of methoxy groups -OCH3 is 1. The zero-order valence-electron chi connectivity index (χ0n) is 11.7. The highest BCUT2D eigenvalue weighted by molar-refractivity contribution is 5.80. The van der Waals surface area contributed by atoms with E-state index in [0.29, 0.717) is 19.8 Å². The summed E-state index contributed by atoms with van der Waals surface area (Å²) >= 11 is 0. The normalized spacial score (nSPS) is 11.9. The topological polar surface area (TPSA) is 93.8 Å². The first-order chi connectivity index (χ1) is 9.67. The van der Waals surface area contributed by atoms with E-state index in [4.69, 9.17) is 15.2 Å². The van der Waals surface area contributed by atoms with Crippen LogP contribution in [0.2, 0.25) is 0 Å². The number of amides is 1. The van der Waals surface area contributed by atoms with Crippen molar-refractivity contribution in [2.75, 3.05) is 26.9 Å². The summed E-state index contributed by atoms with van der Waals surface area (Å²) in [5.41, 5.74) is 6.21. The fraction of sp³-hybridized carbons (Fsp3) is 0.500. The number of benzene rings is 1. The summed E-state index contributed by atoms with van der Waals surface area (Å²) in [4.78, 5) is 11.5. The first-order valence-corrected chi connectivity index (χ1v) is 6.54. The number of carbonyl (C=O) groups is 1. The van der Waals surface area contributed by atoms with E-state index in [9.17, 15) is 9.90 Å². The summed E-state index contributed by atoms with van der Waals surface area (Å²) in [7, 11) is 1.62. The van der Waals surface area contributed by atoms with E-state index in [1.807, 2.05) is 24.3 Å². The third-order valence-electron chi connectivity index (χ3n) is 2.69. The average molecular weight is 282 g/mol. The van der Waals surface area contributed by atoms with Crippen LogP contribution in [-0.2, 0) is 16.1 Å². The summed E-state index contributed by atoms with van der Waals surface area (Å²) in [6, 6.07) is 7.37. The van der Waals surface area contributed by atoms with Gasteiger partial charge in [-0.1, -0.05) is 12.1 Å². The third-order valence-corrected chi connectivity index (χ3v) is 2.69. The molecule has 1 aromatic rings. The van der Waals surface area contributed by atoms with Gasteiger partial charge in [-0.2, -0.15) is 0 Å². The fourth-order valence-electron chi connectivity index (χ4n) is 1.54. The van der Waals surface area contributed by atoms with Gasteiger partial charge in [-0.25, -0.2) is 0 Å². The Hall–Kier alpha value is -1.63. The summed E-state index contributed by atoms with van der Waals surface area (Å²) < 4.78 is 10.3. The SMILES string of the molecule is COCCOc1ccc(CNC(=O)C(O)CCN)cc1. The Morgan fingerprint density at radius 1 is 1.35 bits per heavy atom. The third kappa shape index (κ3) is 6.01. The van der Waals surface area contributed by atoms with Gasteiger partial charge in [0.25, 0.3) is 0 Å². The van der Waals surface area contributed by atoms with E-state index >= 15 is 0 Å². The number of nitrogens with two attached hydrogens (primary N) is 1. The van der Waals surface area contributed by atoms with Crippen molar-refractivity contribution >= 4 is 5.91 Å². The molecule has 0 aliphatic heterocycles. The lowest BCUT2D eigenvalue weighted by molar-refractivity contribution is -0.129. The van der Waals surface area contributed by atoms with Crippen LogP contribution in [0.25, 0.3) is 0 Å². The van der Waals surface area contributed by atoms with Crippen LogP contribution in [-0.4, -0.2) is 44.0 Å². The first kappa shape index (κ1) is 16.4. The molecule has 0 aliphatic carbocycles. The Morgan fingerprint density at radius 3 is 2.65 bits per heavy atom. The second-order valence-corrected chi connectivity index (χ2v) is 4.30. The number of hydrogen-bond donors (Lipinski definition) is 3. The zero-order chi connectivity index (χ0) is 14.8. The molecule has 0 saturated heterocycles. The van der Waals surface area contributed by atoms with E-state index in [0.717, 1.165) is 11.3 Å². The van der Waals surface area contributed by atoms with Gasteiger partial charge in [0.2, 0.25) is 5.91 Å². The Bertz CT molecular complexity index is 395. The predicted octanol–water partition coefficient (Wildman–Crippen LogP) is 0.0377. The maximum atomic E-state index is 11.5. The van der Waals surface area contributed by atoms with Gasteiger partial charge in [-0.15, -0.1) is 0 Å². The molecule has 0 spiro atoms. The van der Waals surface area contributed by atoms with Crippen molar-refractivity contribution in [1.82, 2.24) is 5.32 Å². The maximum Gasteiger partial charge on any atom is 0.249 e. The number of nitrogens with one attached hydrogen (secondary N) is 1. The summed E-state index contributed by atoms with van der Waals surface area (Å²) in [6.45, 7) is 1.68. The highest BCUT2D eigenvalue weighted by Gasteiger charge is 2.12. The molecule has 1 unspecified atom stereocenters. The van der Waals surface area contributed by atoms with Crippen LogP contribution in [0.1, 0.15) is 12.0 Å². The summed E-state index contributed by atoms with van der Waals surface area (Å²) in [5.74, 6) is 0.344. The van der Waals surface area contributed by atoms with Gasteiger partial charge in [0.05, 0.1) is 6.61 Å². The Morgan fingerprint density at radius 2 is 2.05 bits per heavy atom. The van der Waals surface area contributed by atoms with E-state index in [-0.39, 0.29) is 13.0 Å². The second-order valence-electron chi connectivity index (χ2n) is 4.30. The lowest BCUT2D eigenvalue weighted by atomic mass is 10.2. The number of rotatable bonds is 9. The van der Waals surface area contributed by atoms with Gasteiger partial charge in [-0.05, 0) is 30.7 Å². The molecule has 6 nitrogen and oxygen atoms in total. The Kier molecular flexibility index (Phi) is 7.64. The molecule has 0 saturated carbocycles. The minimum absolute atomic E-state index is 0.262. The zero-order valence-corrected chi connectivity index (χ0v) is 11.7. The molecule has 0 radical (unpaired) electrons. The minimum atomic E-state index is -1.04. The quantitative estimate of drug-likeness (QED) is 0.556. The largest absolute Gasteiger partial charge is 0.491 e. The molecule has 6 heteroatoms. The monoisotopic (exact) mass is 282 g/mol. The highest BCUT2D eigenvalue weighted by atomic mass is 16.5. The van der Waals surface area contributed by atoms with Crippen LogP contribution in [0.15, 0.2) is 24.3 Å². The molecule has 0 aliphatic rings. The number of hydrogen-bond acceptors (Lipinski definition) is 5. The Balaban J connectivity index is 2.36. The van der Waals surface area contributed by atoms with Crippen LogP contribution in [0.4, 0.5) is 0 Å². The average Bonchev–Trinajstić information content (AvgIpc) is 2.46. The Labute approximate surface area is 118 Å². The van der Waals surface area contributed by atoms with Crippen molar-refractivity contribution in [3.05, 3.63) is 29.8 Å². The van der Waals surface area contributed by atoms with Crippen molar-refractivity contribution in [2.24, 2.45) is 5.73 Å². The molecule has 0 bridgehead atoms. The lowest BCUT2D eigenvalue weighted by Crippen LogP contribution is -2.35. The molecule has 1 amide bonds. The molecule has 1 aromatic carbocycles. The molecule has 1 atom stereocenters. The predicted molar refractivity (Wildman–Crippen MR) is 75.3 cm³/mol. The highest BCUT2D eigenvalue weighted by Crippen LogP contribution is 2.12. The van der Waals surface area contributed by atoms with Crippen LogP contribution >= 0.6 is 0 Å². The van der Waals surface area contributed by atoms with E-state index in [1.165, 1.54) is 0 Å². The van der Waals surface area contributed by atoms with Crippen molar-refractivity contribution in [1.29, 1.82) is 0 Å². The standard InChI is InChI=1S/C14H22N2O4/c1-19-8-9-20-12-4-2-11(3-5-12)10-16-14(18)13(17)6-7-15/h2-5,13,17H,6-10,15H2,1H3,(H,16,18). The molecular weight excluding hydrogens is 260 g/mol. The van der Waals surface area contributed by atoms with Crippen molar-refractivity contribution in [3.8, 4) is 5.75 Å². The minimum Gasteiger partial charge on any atom is -0.491 e. The number of ether oxygens (including phenoxy) is 2. The summed E-state index contributed by atoms with van der Waals surface area (Å²) in [6.07, 6.45) is -0.783. The molecule has 0 fully saturated rings. The van der Waals surface area contributed by atoms with Crippen molar-refractivity contribution in [3.63, 3.8) is 0 Å². The van der Waals surface area contributed by atoms with Crippen molar-refractivity contribution in [2.45, 2.75) is 19.1 Å². The smallest absolute Gasteiger partial charge is 0.249 e. The molecule has 112 valence electrons. The molecule has 20 heavy (non-hydrogen) atoms. The molecule has 0 aromatic heterocycles. The number of aliphatic hydroxyl groups is 1. The van der Waals surface area contributed by atoms with Gasteiger partial charge in [0.15, 0.2) is 0 Å². The fourth-order valence-corrected chi connectivity index (χ4v) is 1.54. The summed E-state index contributed by atoms with van der Waals surface area (Å²) in [5, 5.41) is 12.1. The van der Waals surface area contributed by atoms with Gasteiger partial charge in [-0.3, -0.25) is 4.79 Å². The van der Waals surface area contributed by atoms with Crippen LogP contribution in [0.5, 0.6) is 5.75 Å². The molecular formula is C14H22N2O4. The van der Waals surface area contributed by atoms with E-state index < -0.39 is 12.0 Å². The number of aliphatic hydroxyl groups excluding tert-OH is 1. The lowest BCUT2D eigenvalue weighted by Gasteiger charge is -2.11. The number of carbonyl (C=O) groups excluding carboxylic acids is 1. The molecule has 4 N–H and O–H groups in total. The van der Waals surface area contributed by atoms with Crippen LogP contribution in [0, 0.1) is 0 Å². The van der Waals surface area contributed by atoms with Gasteiger partial charge < -0.3 is 25.6 Å². The van der Waals surface area contributed by atoms with Gasteiger partial charge in [0, 0.05) is 13.7 Å². The van der Waals surface area contributed by atoms with Crippen molar-refractivity contribution < 1.29 is 19.4 Å². The second kappa shape index (κ2) is 9.30. The van der Waals surface area contributed by atoms with Gasteiger partial charge in [0.1, 0.15) is 18.5 Å². The maximum absolute atomic E-state index is 11.5. The van der Waals surface area contributed by atoms with Gasteiger partial charge >= 0.3 is 0 Å². The van der Waals surface area contributed by atoms with Crippen LogP contribution in [0.3, 0.4) is 0 Å². The van der Waals surface area contributed by atoms with E-state index in [2.05, 4.69) is 5.32 Å². The molecule has 0 heterocycles. The molecule has 1 rings (SSSR count). The van der Waals surface area contributed by atoms with E-state index in [1.54, 1.807) is 7.11 Å².